The molecule has 68 valence electrons. The highest BCUT2D eigenvalue weighted by Gasteiger charge is 1.99. The molecule has 2 unspecified atom stereocenters. The summed E-state index contributed by atoms with van der Waals surface area (Å²) < 4.78 is 0. The van der Waals surface area contributed by atoms with E-state index in [1.807, 2.05) is 6.92 Å². The zero-order valence-corrected chi connectivity index (χ0v) is 7.38. The van der Waals surface area contributed by atoms with Gasteiger partial charge < -0.3 is 15.5 Å². The van der Waals surface area contributed by atoms with Gasteiger partial charge in [-0.2, -0.15) is 0 Å². The molecular formula is C8H19NO2. The van der Waals surface area contributed by atoms with Crippen LogP contribution in [0.1, 0.15) is 26.7 Å². The standard InChI is InChI=1S/C8H19NO2/c1-3-8(11)6-9-5-4-7(2)10/h7-11H,3-6H2,1-2H3. The Bertz CT molecular complexity index is 86.2. The van der Waals surface area contributed by atoms with Crippen molar-refractivity contribution in [2.24, 2.45) is 0 Å². The molecule has 0 aromatic rings. The first-order valence-electron chi connectivity index (χ1n) is 4.23. The largest absolute Gasteiger partial charge is 0.393 e. The molecule has 11 heavy (non-hydrogen) atoms. The average Bonchev–Trinajstić information content (AvgIpc) is 1.97. The molecule has 2 atom stereocenters. The van der Waals surface area contributed by atoms with Crippen LogP contribution in [0.4, 0.5) is 0 Å². The molecule has 0 aromatic carbocycles. The Morgan fingerprint density at radius 3 is 2.45 bits per heavy atom. The lowest BCUT2D eigenvalue weighted by Gasteiger charge is -2.09. The van der Waals surface area contributed by atoms with Gasteiger partial charge in [0.05, 0.1) is 12.2 Å². The summed E-state index contributed by atoms with van der Waals surface area (Å²) in [4.78, 5) is 0. The quantitative estimate of drug-likeness (QED) is 0.485. The Morgan fingerprint density at radius 2 is 2.00 bits per heavy atom. The fourth-order valence-electron chi connectivity index (χ4n) is 0.724. The molecule has 0 fully saturated rings. The van der Waals surface area contributed by atoms with Crippen molar-refractivity contribution in [1.29, 1.82) is 0 Å². The SMILES string of the molecule is CCC(O)CNCCC(C)O. The number of rotatable bonds is 6. The van der Waals surface area contributed by atoms with E-state index < -0.39 is 0 Å². The Labute approximate surface area is 68.4 Å². The average molecular weight is 161 g/mol. The second-order valence-electron chi connectivity index (χ2n) is 2.90. The molecule has 0 aromatic heterocycles. The van der Waals surface area contributed by atoms with Crippen molar-refractivity contribution in [3.8, 4) is 0 Å². The number of hydrogen-bond acceptors (Lipinski definition) is 3. The number of hydrogen-bond donors (Lipinski definition) is 3. The van der Waals surface area contributed by atoms with E-state index in [1.54, 1.807) is 6.92 Å². The van der Waals surface area contributed by atoms with Crippen molar-refractivity contribution in [3.63, 3.8) is 0 Å². The Kier molecular flexibility index (Phi) is 6.51. The lowest BCUT2D eigenvalue weighted by Crippen LogP contribution is -2.28. The van der Waals surface area contributed by atoms with Crippen LogP contribution >= 0.6 is 0 Å². The van der Waals surface area contributed by atoms with Crippen LogP contribution in [-0.2, 0) is 0 Å². The number of nitrogens with one attached hydrogen (secondary N) is 1. The maximum atomic E-state index is 9.10. The highest BCUT2D eigenvalue weighted by molar-refractivity contribution is 4.57. The summed E-state index contributed by atoms with van der Waals surface area (Å²) in [5.74, 6) is 0. The molecule has 3 nitrogen and oxygen atoms in total. The summed E-state index contributed by atoms with van der Waals surface area (Å²) in [5.41, 5.74) is 0. The van der Waals surface area contributed by atoms with Crippen molar-refractivity contribution in [3.05, 3.63) is 0 Å². The molecule has 0 radical (unpaired) electrons. The molecular weight excluding hydrogens is 142 g/mol. The summed E-state index contributed by atoms with van der Waals surface area (Å²) in [7, 11) is 0. The highest BCUT2D eigenvalue weighted by Crippen LogP contribution is 1.88. The zero-order chi connectivity index (χ0) is 8.69. The molecule has 0 amide bonds. The van der Waals surface area contributed by atoms with E-state index >= 15 is 0 Å². The van der Waals surface area contributed by atoms with Gasteiger partial charge in [-0.15, -0.1) is 0 Å². The molecule has 0 rings (SSSR count). The van der Waals surface area contributed by atoms with Gasteiger partial charge in [-0.25, -0.2) is 0 Å². The fraction of sp³-hybridized carbons (Fsp3) is 1.00. The lowest BCUT2D eigenvalue weighted by atomic mass is 10.2. The van der Waals surface area contributed by atoms with Crippen LogP contribution in [0.5, 0.6) is 0 Å². The van der Waals surface area contributed by atoms with E-state index in [0.717, 1.165) is 19.4 Å². The van der Waals surface area contributed by atoms with E-state index in [9.17, 15) is 0 Å². The first-order valence-corrected chi connectivity index (χ1v) is 4.23. The highest BCUT2D eigenvalue weighted by atomic mass is 16.3. The van der Waals surface area contributed by atoms with E-state index in [4.69, 9.17) is 10.2 Å². The van der Waals surface area contributed by atoms with Gasteiger partial charge >= 0.3 is 0 Å². The van der Waals surface area contributed by atoms with Gasteiger partial charge in [-0.3, -0.25) is 0 Å². The Balaban J connectivity index is 3.01. The minimum absolute atomic E-state index is 0.246. The third-order valence-electron chi connectivity index (χ3n) is 1.59. The summed E-state index contributed by atoms with van der Waals surface area (Å²) in [6, 6.07) is 0. The first-order chi connectivity index (χ1) is 5.16. The summed E-state index contributed by atoms with van der Waals surface area (Å²) in [6.07, 6.45) is 1.03. The second-order valence-corrected chi connectivity index (χ2v) is 2.90. The topological polar surface area (TPSA) is 52.5 Å². The van der Waals surface area contributed by atoms with Gasteiger partial charge in [0.2, 0.25) is 0 Å². The van der Waals surface area contributed by atoms with E-state index in [2.05, 4.69) is 5.32 Å². The van der Waals surface area contributed by atoms with Crippen molar-refractivity contribution < 1.29 is 10.2 Å². The zero-order valence-electron chi connectivity index (χ0n) is 7.38. The second kappa shape index (κ2) is 6.58. The Hall–Kier alpha value is -0.120. The van der Waals surface area contributed by atoms with Crippen LogP contribution in [0.3, 0.4) is 0 Å². The van der Waals surface area contributed by atoms with Gasteiger partial charge in [0, 0.05) is 6.54 Å². The van der Waals surface area contributed by atoms with Gasteiger partial charge in [0.1, 0.15) is 0 Å². The van der Waals surface area contributed by atoms with Gasteiger partial charge in [-0.05, 0) is 26.3 Å². The fourth-order valence-corrected chi connectivity index (χ4v) is 0.724. The monoisotopic (exact) mass is 161 g/mol. The van der Waals surface area contributed by atoms with Crippen LogP contribution in [0.15, 0.2) is 0 Å². The predicted octanol–water partition coefficient (Wildman–Crippen LogP) is 0.118. The molecule has 0 spiro atoms. The maximum absolute atomic E-state index is 9.10. The molecule has 0 saturated heterocycles. The predicted molar refractivity (Wildman–Crippen MR) is 45.5 cm³/mol. The lowest BCUT2D eigenvalue weighted by molar-refractivity contribution is 0.158. The molecule has 3 heteroatoms. The molecule has 0 aliphatic rings. The minimum atomic E-state index is -0.249. The van der Waals surface area contributed by atoms with E-state index in [1.165, 1.54) is 0 Å². The molecule has 3 N–H and O–H groups in total. The number of aliphatic hydroxyl groups is 2. The van der Waals surface area contributed by atoms with Crippen molar-refractivity contribution in [1.82, 2.24) is 5.32 Å². The molecule has 0 bridgehead atoms. The summed E-state index contributed by atoms with van der Waals surface area (Å²) >= 11 is 0. The maximum Gasteiger partial charge on any atom is 0.0662 e. The molecule has 0 saturated carbocycles. The van der Waals surface area contributed by atoms with E-state index in [-0.39, 0.29) is 12.2 Å². The van der Waals surface area contributed by atoms with Gasteiger partial charge in [-0.1, -0.05) is 6.92 Å². The van der Waals surface area contributed by atoms with Crippen molar-refractivity contribution in [2.45, 2.75) is 38.9 Å². The molecule has 0 aliphatic carbocycles. The first kappa shape index (κ1) is 10.9. The van der Waals surface area contributed by atoms with Gasteiger partial charge in [0.15, 0.2) is 0 Å². The van der Waals surface area contributed by atoms with E-state index in [0.29, 0.717) is 6.54 Å². The van der Waals surface area contributed by atoms with Crippen molar-refractivity contribution in [2.75, 3.05) is 13.1 Å². The van der Waals surface area contributed by atoms with Crippen LogP contribution in [0.2, 0.25) is 0 Å². The smallest absolute Gasteiger partial charge is 0.0662 e. The van der Waals surface area contributed by atoms with Crippen LogP contribution in [0, 0.1) is 0 Å². The normalized spacial score (nSPS) is 16.4. The van der Waals surface area contributed by atoms with Crippen LogP contribution in [0.25, 0.3) is 0 Å². The minimum Gasteiger partial charge on any atom is -0.393 e. The number of aliphatic hydroxyl groups excluding tert-OH is 2. The molecule has 0 aliphatic heterocycles. The van der Waals surface area contributed by atoms with Gasteiger partial charge in [0.25, 0.3) is 0 Å². The third-order valence-corrected chi connectivity index (χ3v) is 1.59. The van der Waals surface area contributed by atoms with Crippen LogP contribution in [-0.4, -0.2) is 35.5 Å². The summed E-state index contributed by atoms with van der Waals surface area (Å²) in [5, 5.41) is 21.0. The molecule has 0 heterocycles. The Morgan fingerprint density at radius 1 is 1.36 bits per heavy atom. The third kappa shape index (κ3) is 7.78. The van der Waals surface area contributed by atoms with Crippen molar-refractivity contribution >= 4 is 0 Å². The summed E-state index contributed by atoms with van der Waals surface area (Å²) in [6.45, 7) is 5.11. The van der Waals surface area contributed by atoms with Crippen LogP contribution < -0.4 is 5.32 Å².